The molecule has 4 amide bonds. The van der Waals surface area contributed by atoms with Crippen molar-refractivity contribution in [2.75, 3.05) is 32.8 Å². The number of nitrogens with zero attached hydrogens (tertiary/aromatic N) is 2. The van der Waals surface area contributed by atoms with E-state index in [1.165, 1.54) is 24.3 Å². The zero-order chi connectivity index (χ0) is 33.9. The number of halogens is 5. The predicted octanol–water partition coefficient (Wildman–Crippen LogP) is 1.78. The standard InChI is InChI=1S/C29H37F5N4O7/c1-15(2)21(23(40)28(30,31)29(32,33)34)35-25(42)20-13-19(39)14-38(20)27(44)22(16(3)4)36-24(41)17-5-7-18(8-6-17)26(43)37-9-11-45-12-10-37/h5-8,15-16,19-22,39H,9-14H2,1-4H3,(H,35,42)(H,36,41)/t19-,20+,21?,22+/m1/s1. The lowest BCUT2D eigenvalue weighted by Crippen LogP contribution is -2.60. The van der Waals surface area contributed by atoms with Gasteiger partial charge in [-0.05, 0) is 36.1 Å². The van der Waals surface area contributed by atoms with E-state index in [1.54, 1.807) is 18.7 Å². The highest BCUT2D eigenvalue weighted by molar-refractivity contribution is 6.01. The molecule has 11 nitrogen and oxygen atoms in total. The number of carbonyl (C=O) groups excluding carboxylic acids is 5. The van der Waals surface area contributed by atoms with E-state index in [2.05, 4.69) is 5.32 Å². The number of β-amino-alcohol motifs (C(OH)–C–C–N with tert-alkyl or cyclic N) is 1. The molecule has 0 aliphatic carbocycles. The molecule has 0 saturated carbocycles. The number of nitrogens with one attached hydrogen (secondary N) is 2. The van der Waals surface area contributed by atoms with E-state index >= 15 is 0 Å². The molecule has 0 bridgehead atoms. The highest BCUT2D eigenvalue weighted by atomic mass is 19.4. The second kappa shape index (κ2) is 14.2. The molecule has 4 atom stereocenters. The molecule has 2 fully saturated rings. The number of ketones is 1. The lowest BCUT2D eigenvalue weighted by atomic mass is 9.95. The number of rotatable bonds is 10. The van der Waals surface area contributed by atoms with Gasteiger partial charge in [0.1, 0.15) is 12.1 Å². The maximum atomic E-state index is 13.8. The summed E-state index contributed by atoms with van der Waals surface area (Å²) in [6.45, 7) is 6.82. The summed E-state index contributed by atoms with van der Waals surface area (Å²) in [6.07, 6.45) is -7.83. The number of carbonyl (C=O) groups is 5. The summed E-state index contributed by atoms with van der Waals surface area (Å²) in [5.74, 6) is -13.0. The quantitative estimate of drug-likeness (QED) is 0.328. The molecule has 2 aliphatic rings. The number of hydrogen-bond acceptors (Lipinski definition) is 7. The first-order valence-electron chi connectivity index (χ1n) is 14.4. The average molecular weight is 649 g/mol. The Morgan fingerprint density at radius 3 is 1.91 bits per heavy atom. The van der Waals surface area contributed by atoms with Crippen LogP contribution >= 0.6 is 0 Å². The summed E-state index contributed by atoms with van der Waals surface area (Å²) < 4.78 is 71.5. The topological polar surface area (TPSA) is 145 Å². The van der Waals surface area contributed by atoms with E-state index in [0.717, 1.165) is 18.7 Å². The van der Waals surface area contributed by atoms with Crippen LogP contribution < -0.4 is 10.6 Å². The summed E-state index contributed by atoms with van der Waals surface area (Å²) in [5, 5.41) is 14.8. The summed E-state index contributed by atoms with van der Waals surface area (Å²) in [4.78, 5) is 67.2. The molecule has 0 spiro atoms. The third kappa shape index (κ3) is 8.14. The molecule has 1 aromatic carbocycles. The molecule has 0 aromatic heterocycles. The van der Waals surface area contributed by atoms with Crippen LogP contribution in [0.1, 0.15) is 54.8 Å². The normalized spacial score (nSPS) is 20.6. The van der Waals surface area contributed by atoms with Crippen LogP contribution in [0.3, 0.4) is 0 Å². The lowest BCUT2D eigenvalue weighted by molar-refractivity contribution is -0.270. The van der Waals surface area contributed by atoms with Crippen LogP contribution in [0.5, 0.6) is 0 Å². The lowest BCUT2D eigenvalue weighted by Gasteiger charge is -2.32. The van der Waals surface area contributed by atoms with Gasteiger partial charge in [-0.2, -0.15) is 22.0 Å². The van der Waals surface area contributed by atoms with Crippen LogP contribution in [0.2, 0.25) is 0 Å². The van der Waals surface area contributed by atoms with Gasteiger partial charge in [0, 0.05) is 37.2 Å². The minimum absolute atomic E-state index is 0.117. The number of alkyl halides is 5. The van der Waals surface area contributed by atoms with Gasteiger partial charge in [0.05, 0.1) is 25.4 Å². The molecule has 2 aliphatic heterocycles. The van der Waals surface area contributed by atoms with Gasteiger partial charge in [0.15, 0.2) is 0 Å². The van der Waals surface area contributed by atoms with Gasteiger partial charge >= 0.3 is 12.1 Å². The maximum absolute atomic E-state index is 13.8. The van der Waals surface area contributed by atoms with Crippen LogP contribution in [0.4, 0.5) is 22.0 Å². The van der Waals surface area contributed by atoms with Crippen molar-refractivity contribution in [3.8, 4) is 0 Å². The van der Waals surface area contributed by atoms with E-state index in [0.29, 0.717) is 31.9 Å². The van der Waals surface area contributed by atoms with Crippen molar-refractivity contribution in [1.82, 2.24) is 20.4 Å². The number of likely N-dealkylation sites (tertiary alicyclic amines) is 1. The van der Waals surface area contributed by atoms with E-state index < -0.39 is 78.2 Å². The first kappa shape index (κ1) is 35.8. The van der Waals surface area contributed by atoms with Crippen molar-refractivity contribution in [3.63, 3.8) is 0 Å². The molecule has 16 heteroatoms. The first-order valence-corrected chi connectivity index (χ1v) is 14.4. The highest BCUT2D eigenvalue weighted by Gasteiger charge is 2.65. The molecule has 1 aromatic rings. The van der Waals surface area contributed by atoms with Gasteiger partial charge in [-0.15, -0.1) is 0 Å². The Morgan fingerprint density at radius 2 is 1.40 bits per heavy atom. The first-order chi connectivity index (χ1) is 20.9. The Hall–Kier alpha value is -3.66. The van der Waals surface area contributed by atoms with Crippen molar-refractivity contribution in [1.29, 1.82) is 0 Å². The minimum Gasteiger partial charge on any atom is -0.391 e. The number of amides is 4. The number of morpholine rings is 1. The Balaban J connectivity index is 1.74. The maximum Gasteiger partial charge on any atom is 0.461 e. The summed E-state index contributed by atoms with van der Waals surface area (Å²) in [5.41, 5.74) is 0.461. The van der Waals surface area contributed by atoms with Crippen LogP contribution in [0.25, 0.3) is 0 Å². The van der Waals surface area contributed by atoms with Gasteiger partial charge in [-0.1, -0.05) is 27.7 Å². The molecular formula is C29H37F5N4O7. The summed E-state index contributed by atoms with van der Waals surface area (Å²) in [7, 11) is 0. The Morgan fingerprint density at radius 1 is 0.867 bits per heavy atom. The zero-order valence-electron chi connectivity index (χ0n) is 25.2. The molecule has 250 valence electrons. The molecule has 2 heterocycles. The van der Waals surface area contributed by atoms with Crippen LogP contribution in [-0.2, 0) is 19.1 Å². The molecule has 2 saturated heterocycles. The van der Waals surface area contributed by atoms with Gasteiger partial charge < -0.3 is 30.3 Å². The van der Waals surface area contributed by atoms with Crippen molar-refractivity contribution >= 4 is 29.4 Å². The monoisotopic (exact) mass is 648 g/mol. The van der Waals surface area contributed by atoms with E-state index in [1.807, 2.05) is 5.32 Å². The number of hydrogen-bond donors (Lipinski definition) is 3. The second-order valence-corrected chi connectivity index (χ2v) is 11.7. The SMILES string of the molecule is CC(C)C(NC(=O)[C@@H]1C[C@@H](O)CN1C(=O)[C@@H](NC(=O)c1ccc(C(=O)N2CCOCC2)cc1)C(C)C)C(=O)C(F)(F)C(F)(F)F. The largest absolute Gasteiger partial charge is 0.461 e. The smallest absolute Gasteiger partial charge is 0.391 e. The van der Waals surface area contributed by atoms with Gasteiger partial charge in [-0.25, -0.2) is 0 Å². The van der Waals surface area contributed by atoms with Crippen LogP contribution in [0, 0.1) is 11.8 Å². The van der Waals surface area contributed by atoms with Gasteiger partial charge in [0.25, 0.3) is 11.8 Å². The fraction of sp³-hybridized carbons (Fsp3) is 0.621. The fourth-order valence-corrected chi connectivity index (χ4v) is 5.06. The molecule has 3 N–H and O–H groups in total. The van der Waals surface area contributed by atoms with Crippen molar-refractivity contribution < 1.29 is 55.8 Å². The summed E-state index contributed by atoms with van der Waals surface area (Å²) >= 11 is 0. The number of ether oxygens (including phenoxy) is 1. The predicted molar refractivity (Wildman–Crippen MR) is 148 cm³/mol. The van der Waals surface area contributed by atoms with Crippen molar-refractivity contribution in [3.05, 3.63) is 35.4 Å². The third-order valence-electron chi connectivity index (χ3n) is 7.69. The molecule has 1 unspecified atom stereocenters. The number of aliphatic hydroxyl groups is 1. The summed E-state index contributed by atoms with van der Waals surface area (Å²) in [6, 6.07) is 0.716. The third-order valence-corrected chi connectivity index (χ3v) is 7.69. The Kier molecular flexibility index (Phi) is 11.3. The average Bonchev–Trinajstić information content (AvgIpc) is 3.38. The van der Waals surface area contributed by atoms with Gasteiger partial charge in [0.2, 0.25) is 17.6 Å². The Bertz CT molecular complexity index is 1270. The number of benzene rings is 1. The van der Waals surface area contributed by atoms with Crippen LogP contribution in [-0.4, -0.2) is 113 Å². The van der Waals surface area contributed by atoms with Crippen LogP contribution in [0.15, 0.2) is 24.3 Å². The Labute approximate surface area is 256 Å². The number of Topliss-reactive ketones (excluding diaryl/α,β-unsaturated/α-hetero) is 1. The van der Waals surface area contributed by atoms with Crippen molar-refractivity contribution in [2.24, 2.45) is 11.8 Å². The van der Waals surface area contributed by atoms with E-state index in [4.69, 9.17) is 4.74 Å². The molecule has 3 rings (SSSR count). The highest BCUT2D eigenvalue weighted by Crippen LogP contribution is 2.37. The molecular weight excluding hydrogens is 611 g/mol. The van der Waals surface area contributed by atoms with Crippen molar-refractivity contribution in [2.45, 2.75) is 70.4 Å². The fourth-order valence-electron chi connectivity index (χ4n) is 5.06. The van der Waals surface area contributed by atoms with E-state index in [9.17, 15) is 51.0 Å². The van der Waals surface area contributed by atoms with E-state index in [-0.39, 0.29) is 17.9 Å². The zero-order valence-corrected chi connectivity index (χ0v) is 25.2. The minimum atomic E-state index is -6.19. The molecule has 45 heavy (non-hydrogen) atoms. The molecule has 0 radical (unpaired) electrons. The van der Waals surface area contributed by atoms with Gasteiger partial charge in [-0.3, -0.25) is 24.0 Å². The number of aliphatic hydroxyl groups excluding tert-OH is 1. The second-order valence-electron chi connectivity index (χ2n) is 11.7.